The summed E-state index contributed by atoms with van der Waals surface area (Å²) in [5.41, 5.74) is 0. The molecule has 12 N–H and O–H groups in total. The van der Waals surface area contributed by atoms with Gasteiger partial charge in [-0.3, -0.25) is 4.79 Å². The van der Waals surface area contributed by atoms with E-state index in [1.165, 1.54) is 167 Å². The second-order valence-electron chi connectivity index (χ2n) is 23.6. The summed E-state index contributed by atoms with van der Waals surface area (Å²) in [4.78, 5) is 13.3. The minimum Gasteiger partial charge on any atom is -0.394 e. The van der Waals surface area contributed by atoms with Crippen LogP contribution in [0.1, 0.15) is 239 Å². The number of hydrogen-bond donors (Lipinski definition) is 12. The number of nitrogens with one attached hydrogen (secondary N) is 1. The Morgan fingerprint density at radius 3 is 1.22 bits per heavy atom. The van der Waals surface area contributed by atoms with Crippen molar-refractivity contribution >= 4 is 5.91 Å². The number of allylic oxidation sites excluding steroid dienone is 3. The van der Waals surface area contributed by atoms with E-state index in [9.17, 15) is 61.0 Å². The Labute approximate surface area is 492 Å². The lowest BCUT2D eigenvalue weighted by Crippen LogP contribution is -2.66. The van der Waals surface area contributed by atoms with Gasteiger partial charge in [-0.05, 0) is 32.1 Å². The van der Waals surface area contributed by atoms with E-state index < -0.39 is 124 Å². The predicted molar refractivity (Wildman–Crippen MR) is 314 cm³/mol. The summed E-state index contributed by atoms with van der Waals surface area (Å²) in [6, 6.07) is -0.985. The average molecular weight is 1180 g/mol. The zero-order valence-electron chi connectivity index (χ0n) is 50.5. The van der Waals surface area contributed by atoms with Gasteiger partial charge in [0.1, 0.15) is 73.2 Å². The molecule has 17 unspecified atom stereocenters. The fourth-order valence-corrected chi connectivity index (χ4v) is 11.1. The van der Waals surface area contributed by atoms with Crippen LogP contribution in [0.2, 0.25) is 0 Å². The first kappa shape index (κ1) is 74.5. The number of carbonyl (C=O) groups is 1. The maximum Gasteiger partial charge on any atom is 0.220 e. The molecule has 19 nitrogen and oxygen atoms in total. The molecule has 3 rings (SSSR count). The SMILES string of the molecule is CCCCCCCCCCCCCCCCCCCCCC/C=C/CC/C=C/C(O)C(COC1OC(CO)C(OC2OC(CO)C(OC3OC(CO)C(O)C(O)C3O)C(O)C2O)C(O)C1O)NC(=O)CCCCCCCCCCCCC. The molecule has 82 heavy (non-hydrogen) atoms. The van der Waals surface area contributed by atoms with Gasteiger partial charge in [0.05, 0.1) is 38.6 Å². The lowest BCUT2D eigenvalue weighted by Gasteiger charge is -2.48. The molecule has 3 heterocycles. The van der Waals surface area contributed by atoms with Crippen LogP contribution in [0.5, 0.6) is 0 Å². The summed E-state index contributed by atoms with van der Waals surface area (Å²) in [5, 5.41) is 120. The van der Waals surface area contributed by atoms with Gasteiger partial charge in [0.2, 0.25) is 5.91 Å². The zero-order chi connectivity index (χ0) is 59.7. The number of rotatable bonds is 49. The van der Waals surface area contributed by atoms with Gasteiger partial charge in [-0.2, -0.15) is 0 Å². The third-order valence-corrected chi connectivity index (χ3v) is 16.5. The number of aliphatic hydroxyl groups is 11. The quantitative estimate of drug-likeness (QED) is 0.0213. The molecule has 0 aliphatic carbocycles. The van der Waals surface area contributed by atoms with Crippen molar-refractivity contribution in [3.05, 3.63) is 24.3 Å². The van der Waals surface area contributed by atoms with Crippen molar-refractivity contribution in [2.24, 2.45) is 0 Å². The van der Waals surface area contributed by atoms with E-state index in [-0.39, 0.29) is 18.9 Å². The van der Waals surface area contributed by atoms with Gasteiger partial charge in [0, 0.05) is 6.42 Å². The molecule has 17 atom stereocenters. The smallest absolute Gasteiger partial charge is 0.220 e. The summed E-state index contributed by atoms with van der Waals surface area (Å²) in [7, 11) is 0. The molecule has 0 aromatic rings. The van der Waals surface area contributed by atoms with Gasteiger partial charge in [-0.25, -0.2) is 0 Å². The number of carbonyl (C=O) groups excluding carboxylic acids is 1. The molecule has 0 spiro atoms. The first-order valence-corrected chi connectivity index (χ1v) is 32.6. The van der Waals surface area contributed by atoms with Gasteiger partial charge >= 0.3 is 0 Å². The summed E-state index contributed by atoms with van der Waals surface area (Å²) >= 11 is 0. The van der Waals surface area contributed by atoms with Crippen molar-refractivity contribution in [1.29, 1.82) is 0 Å². The van der Waals surface area contributed by atoms with Crippen LogP contribution in [0, 0.1) is 0 Å². The summed E-state index contributed by atoms with van der Waals surface area (Å²) in [6.07, 6.45) is 23.3. The summed E-state index contributed by atoms with van der Waals surface area (Å²) in [6.45, 7) is 1.71. The molecule has 0 radical (unpaired) electrons. The molecule has 3 saturated heterocycles. The van der Waals surface area contributed by atoms with Crippen LogP contribution in [-0.4, -0.2) is 193 Å². The van der Waals surface area contributed by atoms with Crippen LogP contribution in [0.15, 0.2) is 24.3 Å². The molecular formula is C63H117NO18. The summed E-state index contributed by atoms with van der Waals surface area (Å²) in [5.74, 6) is -0.285. The Morgan fingerprint density at radius 1 is 0.427 bits per heavy atom. The highest BCUT2D eigenvalue weighted by Crippen LogP contribution is 2.33. The van der Waals surface area contributed by atoms with Crippen molar-refractivity contribution < 1.29 is 89.4 Å². The van der Waals surface area contributed by atoms with E-state index in [1.54, 1.807) is 6.08 Å². The predicted octanol–water partition coefficient (Wildman–Crippen LogP) is 7.10. The maximum absolute atomic E-state index is 13.3. The van der Waals surface area contributed by atoms with E-state index >= 15 is 0 Å². The van der Waals surface area contributed by atoms with Gasteiger partial charge in [-0.15, -0.1) is 0 Å². The van der Waals surface area contributed by atoms with E-state index in [4.69, 9.17) is 28.4 Å². The van der Waals surface area contributed by atoms with Crippen LogP contribution in [0.3, 0.4) is 0 Å². The molecule has 3 aliphatic heterocycles. The fraction of sp³-hybridized carbons (Fsp3) is 0.921. The standard InChI is InChI=1S/C63H117NO18/c1-3-5-7-9-11-13-15-16-17-18-19-20-21-22-23-24-25-26-27-28-29-31-32-34-36-38-40-47(68)46(64-51(69)41-39-37-35-33-30-14-12-10-8-6-4-2)45-77-61-57(75)54(72)59(49(43-66)79-61)82-63-58(76)55(73)60(50(44-67)80-63)81-62-56(74)53(71)52(70)48(42-65)78-62/h31-32,38,40,46-50,52-63,65-68,70-76H,3-30,33-37,39,41-45H2,1-2H3,(H,64,69)/b32-31+,40-38+. The molecule has 0 bridgehead atoms. The number of unbranched alkanes of at least 4 members (excludes halogenated alkanes) is 31. The monoisotopic (exact) mass is 1180 g/mol. The highest BCUT2D eigenvalue weighted by molar-refractivity contribution is 5.76. The first-order valence-electron chi connectivity index (χ1n) is 32.6. The van der Waals surface area contributed by atoms with Crippen molar-refractivity contribution in [3.63, 3.8) is 0 Å². The third-order valence-electron chi connectivity index (χ3n) is 16.5. The van der Waals surface area contributed by atoms with Crippen LogP contribution < -0.4 is 5.32 Å². The van der Waals surface area contributed by atoms with Crippen molar-refractivity contribution in [3.8, 4) is 0 Å². The molecule has 482 valence electrons. The molecule has 0 saturated carbocycles. The van der Waals surface area contributed by atoms with Gasteiger partial charge in [0.25, 0.3) is 0 Å². The molecule has 3 fully saturated rings. The molecule has 1 amide bonds. The summed E-state index contributed by atoms with van der Waals surface area (Å²) < 4.78 is 34.2. The van der Waals surface area contributed by atoms with Crippen molar-refractivity contribution in [1.82, 2.24) is 5.32 Å². The van der Waals surface area contributed by atoms with Crippen LogP contribution in [0.4, 0.5) is 0 Å². The second-order valence-corrected chi connectivity index (χ2v) is 23.6. The zero-order valence-corrected chi connectivity index (χ0v) is 50.5. The molecule has 0 aromatic carbocycles. The first-order chi connectivity index (χ1) is 39.8. The lowest BCUT2D eigenvalue weighted by molar-refractivity contribution is -0.379. The van der Waals surface area contributed by atoms with Crippen LogP contribution in [-0.2, 0) is 33.2 Å². The lowest BCUT2D eigenvalue weighted by atomic mass is 9.96. The molecular weight excluding hydrogens is 1060 g/mol. The third kappa shape index (κ3) is 29.3. The number of ether oxygens (including phenoxy) is 6. The average Bonchev–Trinajstić information content (AvgIpc) is 3.54. The molecule has 0 aromatic heterocycles. The van der Waals surface area contributed by atoms with Crippen LogP contribution in [0.25, 0.3) is 0 Å². The number of amides is 1. The molecule has 3 aliphatic rings. The number of hydrogen-bond acceptors (Lipinski definition) is 18. The minimum atomic E-state index is -1.98. The maximum atomic E-state index is 13.3. The minimum absolute atomic E-state index is 0.239. The Balaban J connectivity index is 1.44. The number of aliphatic hydroxyl groups excluding tert-OH is 11. The Morgan fingerprint density at radius 2 is 0.780 bits per heavy atom. The highest BCUT2D eigenvalue weighted by Gasteiger charge is 2.53. The Kier molecular flexibility index (Phi) is 42.2. The van der Waals surface area contributed by atoms with Crippen LogP contribution >= 0.6 is 0 Å². The van der Waals surface area contributed by atoms with E-state index in [1.807, 2.05) is 6.08 Å². The van der Waals surface area contributed by atoms with Gasteiger partial charge < -0.3 is 89.9 Å². The van der Waals surface area contributed by atoms with Gasteiger partial charge in [0.15, 0.2) is 18.9 Å². The van der Waals surface area contributed by atoms with E-state index in [0.717, 1.165) is 38.5 Å². The topological polar surface area (TPSA) is 307 Å². The highest BCUT2D eigenvalue weighted by atomic mass is 16.8. The Hall–Kier alpha value is -1.73. The largest absolute Gasteiger partial charge is 0.394 e. The van der Waals surface area contributed by atoms with E-state index in [0.29, 0.717) is 12.8 Å². The van der Waals surface area contributed by atoms with Gasteiger partial charge in [-0.1, -0.05) is 224 Å². The second kappa shape index (κ2) is 46.4. The fourth-order valence-electron chi connectivity index (χ4n) is 11.1. The molecule has 19 heteroatoms. The van der Waals surface area contributed by atoms with E-state index in [2.05, 4.69) is 31.3 Å². The normalized spacial score (nSPS) is 29.7. The van der Waals surface area contributed by atoms with Crippen molar-refractivity contribution in [2.45, 2.75) is 343 Å². The van der Waals surface area contributed by atoms with Crippen molar-refractivity contribution in [2.75, 3.05) is 26.4 Å². The Bertz CT molecular complexity index is 1590.